The van der Waals surface area contributed by atoms with Crippen molar-refractivity contribution in [1.82, 2.24) is 24.7 Å². The van der Waals surface area contributed by atoms with Gasteiger partial charge in [-0.3, -0.25) is 9.67 Å². The maximum Gasteiger partial charge on any atom is 0.152 e. The van der Waals surface area contributed by atoms with Crippen LogP contribution >= 0.6 is 11.8 Å². The van der Waals surface area contributed by atoms with Crippen LogP contribution in [0.5, 0.6) is 0 Å². The van der Waals surface area contributed by atoms with Gasteiger partial charge in [0.15, 0.2) is 5.82 Å². The molecule has 0 aliphatic rings. The fourth-order valence-electron chi connectivity index (χ4n) is 2.47. The number of aryl methyl sites for hydroxylation is 1. The van der Waals surface area contributed by atoms with E-state index in [9.17, 15) is 5.26 Å². The number of hydrogen-bond acceptors (Lipinski definition) is 7. The fourth-order valence-corrected chi connectivity index (χ4v) is 3.29. The summed E-state index contributed by atoms with van der Waals surface area (Å²) in [5, 5.41) is 19.2. The van der Waals surface area contributed by atoms with Crippen LogP contribution in [0.2, 0.25) is 0 Å². The highest BCUT2D eigenvalue weighted by molar-refractivity contribution is 7.99. The largest absolute Gasteiger partial charge is 0.338 e. The number of nitrogens with zero attached hydrogens (tertiary/aromatic N) is 6. The maximum absolute atomic E-state index is 9.23. The Morgan fingerprint density at radius 3 is 2.88 bits per heavy atom. The molecule has 0 saturated carbocycles. The molecular formula is C18H13N7S. The van der Waals surface area contributed by atoms with Crippen molar-refractivity contribution in [3.05, 3.63) is 60.7 Å². The summed E-state index contributed by atoms with van der Waals surface area (Å²) in [6, 6.07) is 11.4. The van der Waals surface area contributed by atoms with Crippen LogP contribution in [-0.4, -0.2) is 24.7 Å². The molecule has 4 aromatic heterocycles. The Hall–Kier alpha value is -3.44. The van der Waals surface area contributed by atoms with Crippen LogP contribution in [0.15, 0.2) is 65.2 Å². The zero-order valence-electron chi connectivity index (χ0n) is 13.8. The summed E-state index contributed by atoms with van der Waals surface area (Å²) in [6.45, 7) is 0. The third-order valence-electron chi connectivity index (χ3n) is 3.67. The van der Waals surface area contributed by atoms with Crippen molar-refractivity contribution < 1.29 is 0 Å². The maximum atomic E-state index is 9.23. The third-order valence-corrected chi connectivity index (χ3v) is 4.62. The highest BCUT2D eigenvalue weighted by Crippen LogP contribution is 2.31. The highest BCUT2D eigenvalue weighted by Gasteiger charge is 2.10. The number of fused-ring (bicyclic) bond motifs is 1. The average molecular weight is 359 g/mol. The number of nitriles is 1. The van der Waals surface area contributed by atoms with Crippen LogP contribution in [-0.2, 0) is 7.05 Å². The Morgan fingerprint density at radius 2 is 2.08 bits per heavy atom. The minimum atomic E-state index is 0.525. The van der Waals surface area contributed by atoms with Gasteiger partial charge in [0, 0.05) is 37.1 Å². The van der Waals surface area contributed by atoms with Crippen LogP contribution < -0.4 is 5.32 Å². The van der Waals surface area contributed by atoms with Crippen molar-refractivity contribution in [1.29, 1.82) is 5.26 Å². The molecule has 0 aromatic carbocycles. The Balaban J connectivity index is 1.72. The van der Waals surface area contributed by atoms with Crippen molar-refractivity contribution in [2.24, 2.45) is 7.05 Å². The summed E-state index contributed by atoms with van der Waals surface area (Å²) < 4.78 is 1.74. The average Bonchev–Trinajstić information content (AvgIpc) is 3.07. The third kappa shape index (κ3) is 3.20. The molecule has 4 heterocycles. The minimum Gasteiger partial charge on any atom is -0.338 e. The van der Waals surface area contributed by atoms with Gasteiger partial charge in [0.2, 0.25) is 0 Å². The first kappa shape index (κ1) is 16.1. The van der Waals surface area contributed by atoms with Crippen molar-refractivity contribution in [2.75, 3.05) is 5.32 Å². The quantitative estimate of drug-likeness (QED) is 0.596. The molecule has 0 saturated heterocycles. The Bertz CT molecular complexity index is 1130. The molecule has 7 nitrogen and oxygen atoms in total. The highest BCUT2D eigenvalue weighted by atomic mass is 32.2. The Morgan fingerprint density at radius 1 is 1.15 bits per heavy atom. The monoisotopic (exact) mass is 359 g/mol. The molecule has 0 aliphatic heterocycles. The topological polar surface area (TPSA) is 92.3 Å². The van der Waals surface area contributed by atoms with E-state index in [0.717, 1.165) is 27.4 Å². The number of aromatic nitrogens is 5. The second kappa shape index (κ2) is 6.82. The molecule has 0 fully saturated rings. The lowest BCUT2D eigenvalue weighted by atomic mass is 10.2. The summed E-state index contributed by atoms with van der Waals surface area (Å²) in [5.74, 6) is 0.752. The molecule has 0 amide bonds. The first-order valence-corrected chi connectivity index (χ1v) is 8.59. The van der Waals surface area contributed by atoms with E-state index in [2.05, 4.69) is 31.4 Å². The summed E-state index contributed by atoms with van der Waals surface area (Å²) in [5.41, 5.74) is 2.19. The van der Waals surface area contributed by atoms with Gasteiger partial charge in [-0.15, -0.1) is 0 Å². The standard InChI is InChI=1S/C18H13N7S/c1-25-8-5-16(24-25)23-14-4-7-20-15-11-22-17(9-13(14)15)26-18-12(10-19)3-2-6-21-18/h2-9,11H,1H3,(H,20,23,24). The first-order valence-electron chi connectivity index (χ1n) is 7.77. The summed E-state index contributed by atoms with van der Waals surface area (Å²) in [7, 11) is 1.87. The van der Waals surface area contributed by atoms with Crippen LogP contribution in [0, 0.1) is 11.3 Å². The lowest BCUT2D eigenvalue weighted by molar-refractivity contribution is 0.771. The predicted molar refractivity (Wildman–Crippen MR) is 99.1 cm³/mol. The smallest absolute Gasteiger partial charge is 0.152 e. The first-order chi connectivity index (χ1) is 12.7. The van der Waals surface area contributed by atoms with E-state index >= 15 is 0 Å². The van der Waals surface area contributed by atoms with Gasteiger partial charge in [0.25, 0.3) is 0 Å². The molecule has 0 unspecified atom stereocenters. The molecule has 4 aromatic rings. The summed E-state index contributed by atoms with van der Waals surface area (Å²) in [4.78, 5) is 13.1. The Kier molecular flexibility index (Phi) is 4.21. The number of hydrogen-bond donors (Lipinski definition) is 1. The second-order valence-electron chi connectivity index (χ2n) is 5.47. The molecule has 4 rings (SSSR count). The molecule has 0 spiro atoms. The number of anilines is 2. The van der Waals surface area contributed by atoms with Gasteiger partial charge in [0.1, 0.15) is 16.1 Å². The number of pyridine rings is 3. The van der Waals surface area contributed by atoms with E-state index in [0.29, 0.717) is 10.6 Å². The summed E-state index contributed by atoms with van der Waals surface area (Å²) >= 11 is 1.35. The molecule has 0 bridgehead atoms. The second-order valence-corrected chi connectivity index (χ2v) is 6.48. The van der Waals surface area contributed by atoms with E-state index in [-0.39, 0.29) is 0 Å². The van der Waals surface area contributed by atoms with Crippen LogP contribution in [0.25, 0.3) is 10.9 Å². The molecule has 0 radical (unpaired) electrons. The molecular weight excluding hydrogens is 346 g/mol. The van der Waals surface area contributed by atoms with Gasteiger partial charge < -0.3 is 5.32 Å². The van der Waals surface area contributed by atoms with E-state index < -0.39 is 0 Å². The van der Waals surface area contributed by atoms with Gasteiger partial charge in [0.05, 0.1) is 23.0 Å². The van der Waals surface area contributed by atoms with Gasteiger partial charge in [-0.1, -0.05) is 0 Å². The lowest BCUT2D eigenvalue weighted by Crippen LogP contribution is -1.96. The van der Waals surface area contributed by atoms with Crippen molar-refractivity contribution in [2.45, 2.75) is 10.1 Å². The van der Waals surface area contributed by atoms with E-state index in [1.165, 1.54) is 11.8 Å². The van der Waals surface area contributed by atoms with Gasteiger partial charge in [-0.2, -0.15) is 10.4 Å². The minimum absolute atomic E-state index is 0.525. The SMILES string of the molecule is Cn1ccc(Nc2ccnc3cnc(Sc4ncccc4C#N)cc23)n1. The van der Waals surface area contributed by atoms with Crippen LogP contribution in [0.1, 0.15) is 5.56 Å². The van der Waals surface area contributed by atoms with Gasteiger partial charge in [-0.05, 0) is 36.0 Å². The Labute approximate surface area is 153 Å². The van der Waals surface area contributed by atoms with E-state index in [1.54, 1.807) is 35.4 Å². The van der Waals surface area contributed by atoms with Crippen LogP contribution in [0.4, 0.5) is 11.5 Å². The molecule has 126 valence electrons. The number of rotatable bonds is 4. The van der Waals surface area contributed by atoms with Gasteiger partial charge >= 0.3 is 0 Å². The summed E-state index contributed by atoms with van der Waals surface area (Å²) in [6.07, 6.45) is 6.99. The van der Waals surface area contributed by atoms with E-state index in [1.807, 2.05) is 31.4 Å². The van der Waals surface area contributed by atoms with Crippen LogP contribution in [0.3, 0.4) is 0 Å². The van der Waals surface area contributed by atoms with E-state index in [4.69, 9.17) is 0 Å². The zero-order valence-corrected chi connectivity index (χ0v) is 14.6. The van der Waals surface area contributed by atoms with Crippen molar-refractivity contribution in [3.8, 4) is 6.07 Å². The number of nitrogens with one attached hydrogen (secondary N) is 1. The normalized spacial score (nSPS) is 10.6. The zero-order chi connectivity index (χ0) is 17.9. The lowest BCUT2D eigenvalue weighted by Gasteiger charge is -2.08. The molecule has 8 heteroatoms. The van der Waals surface area contributed by atoms with Gasteiger partial charge in [-0.25, -0.2) is 9.97 Å². The molecule has 1 N–H and O–H groups in total. The fraction of sp³-hybridized carbons (Fsp3) is 0.0556. The molecule has 26 heavy (non-hydrogen) atoms. The molecule has 0 aliphatic carbocycles. The molecule has 0 atom stereocenters. The predicted octanol–water partition coefficient (Wildman–Crippen LogP) is 3.52. The van der Waals surface area contributed by atoms with Crippen molar-refractivity contribution in [3.63, 3.8) is 0 Å². The van der Waals surface area contributed by atoms with Crippen molar-refractivity contribution >= 4 is 34.2 Å².